The van der Waals surface area contributed by atoms with Crippen molar-refractivity contribution in [3.05, 3.63) is 0 Å². The minimum Gasteiger partial charge on any atom is -0.393 e. The molecule has 0 bridgehead atoms. The number of piperidine rings is 1. The van der Waals surface area contributed by atoms with Gasteiger partial charge in [-0.3, -0.25) is 4.79 Å². The Hall–Kier alpha value is -0.420. The van der Waals surface area contributed by atoms with Gasteiger partial charge in [-0.15, -0.1) is 0 Å². The third-order valence-electron chi connectivity index (χ3n) is 1.97. The molecule has 1 amide bonds. The van der Waals surface area contributed by atoms with E-state index in [1.165, 1.54) is 6.26 Å². The molecular formula is C8H17NO3S. The zero-order chi connectivity index (χ0) is 9.14. The SMILES string of the molecule is C.CS(=O)C(=O)N1CCC(O)CC1. The van der Waals surface area contributed by atoms with Crippen molar-refractivity contribution in [3.8, 4) is 0 Å². The zero-order valence-corrected chi connectivity index (χ0v) is 7.84. The highest BCUT2D eigenvalue weighted by Gasteiger charge is 2.22. The van der Waals surface area contributed by atoms with E-state index in [1.54, 1.807) is 4.90 Å². The molecule has 13 heavy (non-hydrogen) atoms. The topological polar surface area (TPSA) is 57.6 Å². The normalized spacial score (nSPS) is 20.6. The number of aliphatic hydroxyl groups excluding tert-OH is 1. The standard InChI is InChI=1S/C7H13NO3S.CH4/c1-12(11)7(10)8-4-2-6(9)3-5-8;/h6,9H,2-5H2,1H3;1H4. The van der Waals surface area contributed by atoms with Gasteiger partial charge in [0.1, 0.15) is 10.8 Å². The van der Waals surface area contributed by atoms with Crippen LogP contribution in [0.3, 0.4) is 0 Å². The third kappa shape index (κ3) is 3.44. The summed E-state index contributed by atoms with van der Waals surface area (Å²) in [6.45, 7) is 1.05. The number of aliphatic hydroxyl groups is 1. The van der Waals surface area contributed by atoms with Crippen LogP contribution < -0.4 is 0 Å². The van der Waals surface area contributed by atoms with Gasteiger partial charge in [0.15, 0.2) is 0 Å². The number of nitrogens with zero attached hydrogens (tertiary/aromatic N) is 1. The molecule has 1 fully saturated rings. The van der Waals surface area contributed by atoms with E-state index < -0.39 is 10.8 Å². The largest absolute Gasteiger partial charge is 0.393 e. The molecule has 0 aromatic rings. The number of rotatable bonds is 0. The van der Waals surface area contributed by atoms with Crippen LogP contribution in [-0.4, -0.2) is 44.9 Å². The Bertz CT molecular complexity index is 200. The van der Waals surface area contributed by atoms with Crippen LogP contribution in [0.15, 0.2) is 0 Å². The molecule has 1 heterocycles. The average molecular weight is 207 g/mol. The molecule has 4 nitrogen and oxygen atoms in total. The lowest BCUT2D eigenvalue weighted by Gasteiger charge is -2.28. The van der Waals surface area contributed by atoms with Crippen LogP contribution in [0.1, 0.15) is 20.3 Å². The fourth-order valence-electron chi connectivity index (χ4n) is 1.23. The smallest absolute Gasteiger partial charge is 0.311 e. The monoisotopic (exact) mass is 207 g/mol. The van der Waals surface area contributed by atoms with E-state index in [9.17, 15) is 9.00 Å². The predicted molar refractivity (Wildman–Crippen MR) is 53.0 cm³/mol. The Balaban J connectivity index is 0.00000144. The summed E-state index contributed by atoms with van der Waals surface area (Å²) in [4.78, 5) is 12.7. The number of amides is 1. The van der Waals surface area contributed by atoms with Crippen molar-refractivity contribution in [3.63, 3.8) is 0 Å². The molecule has 1 saturated heterocycles. The maximum atomic E-state index is 11.1. The first kappa shape index (κ1) is 12.6. The lowest BCUT2D eigenvalue weighted by Crippen LogP contribution is -2.40. The summed E-state index contributed by atoms with van der Waals surface area (Å²) in [6, 6.07) is 0. The highest BCUT2D eigenvalue weighted by atomic mass is 32.2. The molecule has 1 aliphatic rings. The second-order valence-corrected chi connectivity index (χ2v) is 4.20. The minimum atomic E-state index is -1.41. The molecular weight excluding hydrogens is 190 g/mol. The first-order chi connectivity index (χ1) is 5.61. The van der Waals surface area contributed by atoms with Gasteiger partial charge in [0, 0.05) is 19.3 Å². The fourth-order valence-corrected chi connectivity index (χ4v) is 1.78. The maximum absolute atomic E-state index is 11.1. The van der Waals surface area contributed by atoms with Gasteiger partial charge >= 0.3 is 5.24 Å². The molecule has 1 N–H and O–H groups in total. The summed E-state index contributed by atoms with van der Waals surface area (Å²) in [5.41, 5.74) is 0. The molecule has 1 aliphatic heterocycles. The minimum absolute atomic E-state index is 0. The fraction of sp³-hybridized carbons (Fsp3) is 0.875. The summed E-state index contributed by atoms with van der Waals surface area (Å²) in [5.74, 6) is 0. The van der Waals surface area contributed by atoms with Crippen LogP contribution in [-0.2, 0) is 10.8 Å². The van der Waals surface area contributed by atoms with Crippen molar-refractivity contribution in [1.29, 1.82) is 0 Å². The first-order valence-electron chi connectivity index (χ1n) is 3.91. The zero-order valence-electron chi connectivity index (χ0n) is 7.02. The Morgan fingerprint density at radius 1 is 1.46 bits per heavy atom. The summed E-state index contributed by atoms with van der Waals surface area (Å²) < 4.78 is 10.8. The van der Waals surface area contributed by atoms with Crippen LogP contribution in [0.2, 0.25) is 0 Å². The molecule has 0 spiro atoms. The van der Waals surface area contributed by atoms with Crippen LogP contribution in [0.25, 0.3) is 0 Å². The quantitative estimate of drug-likeness (QED) is 0.632. The molecule has 0 saturated carbocycles. The molecule has 0 aromatic heterocycles. The first-order valence-corrected chi connectivity index (χ1v) is 5.47. The van der Waals surface area contributed by atoms with E-state index in [0.29, 0.717) is 25.9 Å². The molecule has 0 radical (unpaired) electrons. The molecule has 0 aliphatic carbocycles. The van der Waals surface area contributed by atoms with Crippen LogP contribution >= 0.6 is 0 Å². The lowest BCUT2D eigenvalue weighted by molar-refractivity contribution is 0.0998. The van der Waals surface area contributed by atoms with E-state index in [-0.39, 0.29) is 18.8 Å². The Kier molecular flexibility index (Phi) is 5.17. The Morgan fingerprint density at radius 2 is 1.92 bits per heavy atom. The van der Waals surface area contributed by atoms with Crippen molar-refractivity contribution in [2.75, 3.05) is 19.3 Å². The van der Waals surface area contributed by atoms with Gasteiger partial charge in [-0.2, -0.15) is 0 Å². The summed E-state index contributed by atoms with van der Waals surface area (Å²) in [6.07, 6.45) is 2.29. The molecule has 78 valence electrons. The van der Waals surface area contributed by atoms with Gasteiger partial charge in [0.05, 0.1) is 6.10 Å². The molecule has 1 unspecified atom stereocenters. The van der Waals surface area contributed by atoms with Crippen molar-refractivity contribution < 1.29 is 14.1 Å². The second kappa shape index (κ2) is 5.34. The number of carbonyl (C=O) groups is 1. The summed E-state index contributed by atoms with van der Waals surface area (Å²) in [7, 11) is -1.41. The number of carbonyl (C=O) groups excluding carboxylic acids is 1. The average Bonchev–Trinajstić information content (AvgIpc) is 2.04. The Morgan fingerprint density at radius 3 is 2.31 bits per heavy atom. The van der Waals surface area contributed by atoms with Crippen molar-refractivity contribution in [2.24, 2.45) is 0 Å². The van der Waals surface area contributed by atoms with Crippen molar-refractivity contribution in [1.82, 2.24) is 4.90 Å². The van der Waals surface area contributed by atoms with Gasteiger partial charge in [-0.05, 0) is 12.8 Å². The van der Waals surface area contributed by atoms with Gasteiger partial charge in [0.2, 0.25) is 0 Å². The van der Waals surface area contributed by atoms with E-state index in [2.05, 4.69) is 0 Å². The highest BCUT2D eigenvalue weighted by molar-refractivity contribution is 7.99. The van der Waals surface area contributed by atoms with Gasteiger partial charge in [-0.25, -0.2) is 4.21 Å². The van der Waals surface area contributed by atoms with E-state index in [0.717, 1.165) is 0 Å². The molecule has 1 atom stereocenters. The van der Waals surface area contributed by atoms with Gasteiger partial charge < -0.3 is 10.0 Å². The maximum Gasteiger partial charge on any atom is 0.311 e. The summed E-state index contributed by atoms with van der Waals surface area (Å²) in [5, 5.41) is 8.82. The molecule has 1 rings (SSSR count). The number of hydrogen-bond donors (Lipinski definition) is 1. The molecule has 0 aromatic carbocycles. The third-order valence-corrected chi connectivity index (χ3v) is 2.72. The van der Waals surface area contributed by atoms with E-state index >= 15 is 0 Å². The number of likely N-dealkylation sites (tertiary alicyclic amines) is 1. The van der Waals surface area contributed by atoms with Gasteiger partial charge in [0.25, 0.3) is 0 Å². The van der Waals surface area contributed by atoms with Crippen molar-refractivity contribution in [2.45, 2.75) is 26.4 Å². The lowest BCUT2D eigenvalue weighted by atomic mass is 10.1. The van der Waals surface area contributed by atoms with E-state index in [4.69, 9.17) is 5.11 Å². The van der Waals surface area contributed by atoms with Crippen LogP contribution in [0.4, 0.5) is 4.79 Å². The Labute approximate surface area is 81.4 Å². The highest BCUT2D eigenvalue weighted by Crippen LogP contribution is 2.10. The molecule has 5 heteroatoms. The number of hydrogen-bond acceptors (Lipinski definition) is 3. The van der Waals surface area contributed by atoms with Gasteiger partial charge in [-0.1, -0.05) is 7.43 Å². The van der Waals surface area contributed by atoms with Crippen LogP contribution in [0, 0.1) is 0 Å². The predicted octanol–water partition coefficient (Wildman–Crippen LogP) is 0.578. The van der Waals surface area contributed by atoms with Crippen molar-refractivity contribution >= 4 is 16.0 Å². The van der Waals surface area contributed by atoms with E-state index in [1.807, 2.05) is 0 Å². The van der Waals surface area contributed by atoms with Crippen LogP contribution in [0.5, 0.6) is 0 Å². The second-order valence-electron chi connectivity index (χ2n) is 2.94. The summed E-state index contributed by atoms with van der Waals surface area (Å²) >= 11 is 0.